The summed E-state index contributed by atoms with van der Waals surface area (Å²) in [6.07, 6.45) is 3.10. The van der Waals surface area contributed by atoms with Gasteiger partial charge in [0.2, 0.25) is 0 Å². The van der Waals surface area contributed by atoms with Gasteiger partial charge < -0.3 is 19.1 Å². The van der Waals surface area contributed by atoms with Crippen molar-refractivity contribution in [2.24, 2.45) is 0 Å². The highest BCUT2D eigenvalue weighted by atomic mass is 35.5. The van der Waals surface area contributed by atoms with Gasteiger partial charge in [-0.15, -0.1) is 11.3 Å². The molecule has 0 aliphatic heterocycles. The Hall–Kier alpha value is -1.41. The van der Waals surface area contributed by atoms with Gasteiger partial charge >= 0.3 is 0 Å². The SMILES string of the molecule is COc1ccnc(N(Cc2cnc(Cl)s2)CC(OC)OC)c1. The highest BCUT2D eigenvalue weighted by Gasteiger charge is 2.17. The van der Waals surface area contributed by atoms with Crippen LogP contribution in [-0.2, 0) is 16.0 Å². The van der Waals surface area contributed by atoms with Gasteiger partial charge in [-0.2, -0.15) is 0 Å². The quantitative estimate of drug-likeness (QED) is 0.687. The number of nitrogens with zero attached hydrogens (tertiary/aromatic N) is 3. The Morgan fingerprint density at radius 3 is 2.64 bits per heavy atom. The smallest absolute Gasteiger partial charge is 0.183 e. The largest absolute Gasteiger partial charge is 0.497 e. The molecule has 2 rings (SSSR count). The normalized spacial score (nSPS) is 11.0. The van der Waals surface area contributed by atoms with Crippen molar-refractivity contribution in [2.75, 3.05) is 32.8 Å². The first-order chi connectivity index (χ1) is 10.7. The number of hydrogen-bond donors (Lipinski definition) is 0. The van der Waals surface area contributed by atoms with E-state index in [-0.39, 0.29) is 6.29 Å². The van der Waals surface area contributed by atoms with E-state index in [9.17, 15) is 0 Å². The van der Waals surface area contributed by atoms with Crippen LogP contribution in [0.1, 0.15) is 4.88 Å². The molecule has 0 aliphatic carbocycles. The van der Waals surface area contributed by atoms with E-state index in [2.05, 4.69) is 9.97 Å². The third-order valence-corrected chi connectivity index (χ3v) is 4.14. The number of thiazole rings is 1. The molecule has 0 unspecified atom stereocenters. The van der Waals surface area contributed by atoms with Crippen molar-refractivity contribution in [1.82, 2.24) is 9.97 Å². The lowest BCUT2D eigenvalue weighted by molar-refractivity contribution is -0.0951. The maximum Gasteiger partial charge on any atom is 0.183 e. The zero-order valence-corrected chi connectivity index (χ0v) is 14.2. The average molecular weight is 344 g/mol. The van der Waals surface area contributed by atoms with Crippen LogP contribution in [0, 0.1) is 0 Å². The monoisotopic (exact) mass is 343 g/mol. The highest BCUT2D eigenvalue weighted by molar-refractivity contribution is 7.15. The summed E-state index contributed by atoms with van der Waals surface area (Å²) in [6.45, 7) is 1.12. The van der Waals surface area contributed by atoms with Gasteiger partial charge in [0, 0.05) is 37.6 Å². The van der Waals surface area contributed by atoms with Crippen molar-refractivity contribution in [3.8, 4) is 5.75 Å². The van der Waals surface area contributed by atoms with Crippen LogP contribution in [-0.4, -0.2) is 44.1 Å². The van der Waals surface area contributed by atoms with Crippen LogP contribution < -0.4 is 9.64 Å². The molecule has 0 spiro atoms. The Labute approximate surface area is 138 Å². The molecule has 0 fully saturated rings. The number of ether oxygens (including phenoxy) is 3. The van der Waals surface area contributed by atoms with Gasteiger partial charge in [-0.3, -0.25) is 0 Å². The highest BCUT2D eigenvalue weighted by Crippen LogP contribution is 2.24. The summed E-state index contributed by atoms with van der Waals surface area (Å²) in [6, 6.07) is 3.67. The molecule has 6 nitrogen and oxygen atoms in total. The lowest BCUT2D eigenvalue weighted by Crippen LogP contribution is -2.34. The Balaban J connectivity index is 2.22. The molecule has 22 heavy (non-hydrogen) atoms. The molecule has 8 heteroatoms. The minimum atomic E-state index is -0.364. The molecule has 0 atom stereocenters. The minimum Gasteiger partial charge on any atom is -0.497 e. The van der Waals surface area contributed by atoms with Crippen molar-refractivity contribution >= 4 is 28.8 Å². The van der Waals surface area contributed by atoms with Crippen LogP contribution in [0.5, 0.6) is 5.75 Å². The van der Waals surface area contributed by atoms with E-state index in [1.807, 2.05) is 11.0 Å². The number of rotatable bonds is 8. The molecule has 120 valence electrons. The molecule has 0 bridgehead atoms. The van der Waals surface area contributed by atoms with Gasteiger partial charge in [-0.1, -0.05) is 11.6 Å². The predicted octanol–water partition coefficient (Wildman–Crippen LogP) is 2.83. The Kier molecular flexibility index (Phi) is 6.38. The summed E-state index contributed by atoms with van der Waals surface area (Å²) in [4.78, 5) is 11.5. The fraction of sp³-hybridized carbons (Fsp3) is 0.429. The average Bonchev–Trinajstić information content (AvgIpc) is 2.96. The number of hydrogen-bond acceptors (Lipinski definition) is 7. The van der Waals surface area contributed by atoms with Gasteiger partial charge in [0.1, 0.15) is 11.6 Å². The number of methoxy groups -OCH3 is 3. The Bertz CT molecular complexity index is 592. The van der Waals surface area contributed by atoms with Crippen LogP contribution in [0.2, 0.25) is 4.47 Å². The first kappa shape index (κ1) is 17.0. The summed E-state index contributed by atoms with van der Waals surface area (Å²) >= 11 is 7.34. The summed E-state index contributed by atoms with van der Waals surface area (Å²) in [7, 11) is 4.84. The molecule has 0 aliphatic rings. The van der Waals surface area contributed by atoms with Crippen molar-refractivity contribution < 1.29 is 14.2 Å². The van der Waals surface area contributed by atoms with Gasteiger partial charge in [0.05, 0.1) is 20.2 Å². The van der Waals surface area contributed by atoms with Crippen LogP contribution in [0.25, 0.3) is 0 Å². The topological polar surface area (TPSA) is 56.7 Å². The Morgan fingerprint density at radius 2 is 2.05 bits per heavy atom. The molecule has 0 radical (unpaired) electrons. The summed E-state index contributed by atoms with van der Waals surface area (Å²) in [5.41, 5.74) is 0. The summed E-state index contributed by atoms with van der Waals surface area (Å²) in [5, 5.41) is 0. The van der Waals surface area contributed by atoms with E-state index >= 15 is 0 Å². The van der Waals surface area contributed by atoms with E-state index in [0.717, 1.165) is 16.4 Å². The number of halogens is 1. The lowest BCUT2D eigenvalue weighted by atomic mass is 10.3. The number of anilines is 1. The Morgan fingerprint density at radius 1 is 1.27 bits per heavy atom. The van der Waals surface area contributed by atoms with E-state index < -0.39 is 0 Å². The number of aromatic nitrogens is 2. The molecule has 2 aromatic heterocycles. The van der Waals surface area contributed by atoms with E-state index in [0.29, 0.717) is 17.6 Å². The zero-order chi connectivity index (χ0) is 15.9. The second-order valence-electron chi connectivity index (χ2n) is 4.41. The second kappa shape index (κ2) is 8.28. The van der Waals surface area contributed by atoms with Crippen LogP contribution in [0.15, 0.2) is 24.5 Å². The molecule has 2 aromatic rings. The standard InChI is InChI=1S/C14H18ClN3O3S/c1-19-10-4-5-16-12(6-10)18(9-13(20-2)21-3)8-11-7-17-14(15)22-11/h4-7,13H,8-9H2,1-3H3. The fourth-order valence-corrected chi connectivity index (χ4v) is 2.90. The van der Waals surface area contributed by atoms with Crippen molar-refractivity contribution in [3.05, 3.63) is 33.9 Å². The van der Waals surface area contributed by atoms with E-state index in [1.165, 1.54) is 11.3 Å². The van der Waals surface area contributed by atoms with Crippen molar-refractivity contribution in [2.45, 2.75) is 12.8 Å². The van der Waals surface area contributed by atoms with Crippen LogP contribution >= 0.6 is 22.9 Å². The molecule has 0 saturated carbocycles. The summed E-state index contributed by atoms with van der Waals surface area (Å²) < 4.78 is 16.4. The zero-order valence-electron chi connectivity index (χ0n) is 12.7. The molecule has 0 amide bonds. The molecule has 0 saturated heterocycles. The third-order valence-electron chi connectivity index (χ3n) is 3.04. The molecular formula is C14H18ClN3O3S. The maximum atomic E-state index is 5.90. The van der Waals surface area contributed by atoms with Crippen LogP contribution in [0.4, 0.5) is 5.82 Å². The first-order valence-corrected chi connectivity index (χ1v) is 7.76. The molecule has 0 N–H and O–H groups in total. The van der Waals surface area contributed by atoms with Gasteiger partial charge in [-0.25, -0.2) is 9.97 Å². The maximum absolute atomic E-state index is 5.90. The van der Waals surface area contributed by atoms with E-state index in [4.69, 9.17) is 25.8 Å². The minimum absolute atomic E-state index is 0.364. The number of pyridine rings is 1. The molecule has 2 heterocycles. The summed E-state index contributed by atoms with van der Waals surface area (Å²) in [5.74, 6) is 1.51. The van der Waals surface area contributed by atoms with Crippen LogP contribution in [0.3, 0.4) is 0 Å². The van der Waals surface area contributed by atoms with Gasteiger partial charge in [0.15, 0.2) is 10.8 Å². The molecule has 0 aromatic carbocycles. The fourth-order valence-electron chi connectivity index (χ4n) is 1.91. The third kappa shape index (κ3) is 4.54. The van der Waals surface area contributed by atoms with Crippen molar-refractivity contribution in [1.29, 1.82) is 0 Å². The van der Waals surface area contributed by atoms with Crippen molar-refractivity contribution in [3.63, 3.8) is 0 Å². The first-order valence-electron chi connectivity index (χ1n) is 6.57. The molecular weight excluding hydrogens is 326 g/mol. The predicted molar refractivity (Wildman–Crippen MR) is 86.8 cm³/mol. The lowest BCUT2D eigenvalue weighted by Gasteiger charge is -2.26. The second-order valence-corrected chi connectivity index (χ2v) is 6.11. The van der Waals surface area contributed by atoms with Gasteiger partial charge in [-0.05, 0) is 6.07 Å². The van der Waals surface area contributed by atoms with Gasteiger partial charge in [0.25, 0.3) is 0 Å². The van der Waals surface area contributed by atoms with E-state index in [1.54, 1.807) is 39.8 Å².